The lowest BCUT2D eigenvalue weighted by Gasteiger charge is -2.35. The molecule has 1 saturated heterocycles. The molecule has 2 heterocycles. The zero-order valence-electron chi connectivity index (χ0n) is 16.0. The van der Waals surface area contributed by atoms with Gasteiger partial charge in [0.15, 0.2) is 0 Å². The van der Waals surface area contributed by atoms with Gasteiger partial charge in [0.25, 0.3) is 0 Å². The van der Waals surface area contributed by atoms with Crippen molar-refractivity contribution in [2.75, 3.05) is 50.8 Å². The lowest BCUT2D eigenvalue weighted by molar-refractivity contribution is 0.0526. The average Bonchev–Trinajstić information content (AvgIpc) is 2.73. The molecule has 0 amide bonds. The van der Waals surface area contributed by atoms with Gasteiger partial charge in [-0.15, -0.1) is 0 Å². The molecular formula is C20H25ClN4O3. The first kappa shape index (κ1) is 20.4. The van der Waals surface area contributed by atoms with E-state index in [1.807, 2.05) is 0 Å². The monoisotopic (exact) mass is 404 g/mol. The van der Waals surface area contributed by atoms with E-state index >= 15 is 0 Å². The van der Waals surface area contributed by atoms with Crippen LogP contribution in [0.2, 0.25) is 5.15 Å². The van der Waals surface area contributed by atoms with Crippen molar-refractivity contribution in [3.8, 4) is 5.75 Å². The van der Waals surface area contributed by atoms with Crippen LogP contribution in [0.25, 0.3) is 0 Å². The van der Waals surface area contributed by atoms with E-state index in [-0.39, 0.29) is 5.97 Å². The SMILES string of the molecule is CCOC(=O)c1ccc(OCCCN2CCN(c3cnc(Cl)cn3)CC2)cc1. The lowest BCUT2D eigenvalue weighted by atomic mass is 10.2. The normalized spacial score (nSPS) is 14.7. The fraction of sp³-hybridized carbons (Fsp3) is 0.450. The Morgan fingerprint density at radius 1 is 1.11 bits per heavy atom. The van der Waals surface area contributed by atoms with Crippen LogP contribution in [0.3, 0.4) is 0 Å². The van der Waals surface area contributed by atoms with Gasteiger partial charge in [-0.3, -0.25) is 4.90 Å². The molecule has 1 aliphatic heterocycles. The van der Waals surface area contributed by atoms with E-state index in [9.17, 15) is 4.79 Å². The Kier molecular flexibility index (Phi) is 7.45. The maximum atomic E-state index is 11.6. The number of carbonyl (C=O) groups is 1. The Balaban J connectivity index is 1.34. The van der Waals surface area contributed by atoms with Crippen molar-refractivity contribution in [2.24, 2.45) is 0 Å². The summed E-state index contributed by atoms with van der Waals surface area (Å²) < 4.78 is 10.7. The smallest absolute Gasteiger partial charge is 0.338 e. The van der Waals surface area contributed by atoms with Crippen LogP contribution in [0.15, 0.2) is 36.7 Å². The van der Waals surface area contributed by atoms with Gasteiger partial charge in [-0.05, 0) is 37.6 Å². The average molecular weight is 405 g/mol. The second-order valence-electron chi connectivity index (χ2n) is 6.47. The predicted octanol–water partition coefficient (Wildman–Crippen LogP) is 2.90. The summed E-state index contributed by atoms with van der Waals surface area (Å²) in [6, 6.07) is 7.06. The van der Waals surface area contributed by atoms with Crippen molar-refractivity contribution < 1.29 is 14.3 Å². The van der Waals surface area contributed by atoms with Crippen molar-refractivity contribution in [1.82, 2.24) is 14.9 Å². The number of benzene rings is 1. The minimum Gasteiger partial charge on any atom is -0.494 e. The summed E-state index contributed by atoms with van der Waals surface area (Å²) in [5, 5.41) is 0.415. The minimum atomic E-state index is -0.308. The van der Waals surface area contributed by atoms with Gasteiger partial charge in [-0.2, -0.15) is 0 Å². The maximum Gasteiger partial charge on any atom is 0.338 e. The number of hydrogen-bond donors (Lipinski definition) is 0. The zero-order chi connectivity index (χ0) is 19.8. The molecule has 8 heteroatoms. The molecule has 0 aliphatic carbocycles. The van der Waals surface area contributed by atoms with Gasteiger partial charge >= 0.3 is 5.97 Å². The number of rotatable bonds is 8. The highest BCUT2D eigenvalue weighted by molar-refractivity contribution is 6.29. The molecule has 0 saturated carbocycles. The molecule has 0 radical (unpaired) electrons. The Morgan fingerprint density at radius 3 is 2.50 bits per heavy atom. The summed E-state index contributed by atoms with van der Waals surface area (Å²) in [6.07, 6.45) is 4.25. The number of nitrogens with zero attached hydrogens (tertiary/aromatic N) is 4. The van der Waals surface area contributed by atoms with Gasteiger partial charge in [0.05, 0.1) is 31.2 Å². The van der Waals surface area contributed by atoms with E-state index in [1.165, 1.54) is 0 Å². The molecule has 1 aliphatic rings. The van der Waals surface area contributed by atoms with E-state index in [4.69, 9.17) is 21.1 Å². The Bertz CT molecular complexity index is 747. The second kappa shape index (κ2) is 10.2. The highest BCUT2D eigenvalue weighted by atomic mass is 35.5. The molecule has 3 rings (SSSR count). The van der Waals surface area contributed by atoms with Gasteiger partial charge < -0.3 is 14.4 Å². The van der Waals surface area contributed by atoms with Crippen LogP contribution in [0.4, 0.5) is 5.82 Å². The van der Waals surface area contributed by atoms with E-state index in [0.717, 1.165) is 50.7 Å². The summed E-state index contributed by atoms with van der Waals surface area (Å²) in [6.45, 7) is 7.61. The number of carbonyl (C=O) groups excluding carboxylic acids is 1. The molecule has 1 fully saturated rings. The highest BCUT2D eigenvalue weighted by Gasteiger charge is 2.17. The Morgan fingerprint density at radius 2 is 1.86 bits per heavy atom. The molecule has 150 valence electrons. The van der Waals surface area contributed by atoms with Gasteiger partial charge in [-0.25, -0.2) is 14.8 Å². The molecule has 2 aromatic rings. The summed E-state index contributed by atoms with van der Waals surface area (Å²) in [4.78, 5) is 24.7. The van der Waals surface area contributed by atoms with Crippen molar-refractivity contribution >= 4 is 23.4 Å². The summed E-state index contributed by atoms with van der Waals surface area (Å²) in [5.41, 5.74) is 0.539. The molecule has 0 bridgehead atoms. The minimum absolute atomic E-state index is 0.308. The Hall–Kier alpha value is -2.38. The van der Waals surface area contributed by atoms with Gasteiger partial charge in [-0.1, -0.05) is 11.6 Å². The van der Waals surface area contributed by atoms with Gasteiger partial charge in [0.1, 0.15) is 16.7 Å². The first-order valence-corrected chi connectivity index (χ1v) is 9.88. The standard InChI is InChI=1S/C20H25ClN4O3/c1-2-27-20(26)16-4-6-17(7-5-16)28-13-3-8-24-9-11-25(12-10-24)19-15-22-18(21)14-23-19/h4-7,14-15H,2-3,8-13H2,1H3. The van der Waals surface area contributed by atoms with Gasteiger partial charge in [0, 0.05) is 32.7 Å². The molecule has 0 atom stereocenters. The van der Waals surface area contributed by atoms with Crippen molar-refractivity contribution in [3.63, 3.8) is 0 Å². The Labute approximate surface area is 170 Å². The zero-order valence-corrected chi connectivity index (χ0v) is 16.8. The number of ether oxygens (including phenoxy) is 2. The van der Waals surface area contributed by atoms with Crippen LogP contribution in [0.1, 0.15) is 23.7 Å². The number of anilines is 1. The largest absolute Gasteiger partial charge is 0.494 e. The molecule has 0 spiro atoms. The van der Waals surface area contributed by atoms with Crippen LogP contribution >= 0.6 is 11.6 Å². The fourth-order valence-electron chi connectivity index (χ4n) is 3.05. The summed E-state index contributed by atoms with van der Waals surface area (Å²) in [7, 11) is 0. The van der Waals surface area contributed by atoms with Crippen LogP contribution in [0.5, 0.6) is 5.75 Å². The molecule has 0 N–H and O–H groups in total. The van der Waals surface area contributed by atoms with E-state index in [0.29, 0.717) is 23.9 Å². The van der Waals surface area contributed by atoms with Crippen molar-refractivity contribution in [3.05, 3.63) is 47.4 Å². The molecule has 0 unspecified atom stereocenters. The molecule has 1 aromatic carbocycles. The summed E-state index contributed by atoms with van der Waals surface area (Å²) >= 11 is 5.79. The highest BCUT2D eigenvalue weighted by Crippen LogP contribution is 2.15. The van der Waals surface area contributed by atoms with Crippen LogP contribution in [-0.4, -0.2) is 66.8 Å². The number of hydrogen-bond acceptors (Lipinski definition) is 7. The quantitative estimate of drug-likeness (QED) is 0.495. The molecular weight excluding hydrogens is 380 g/mol. The summed E-state index contributed by atoms with van der Waals surface area (Å²) in [5.74, 6) is 1.33. The fourth-order valence-corrected chi connectivity index (χ4v) is 3.15. The molecule has 28 heavy (non-hydrogen) atoms. The van der Waals surface area contributed by atoms with Crippen molar-refractivity contribution in [2.45, 2.75) is 13.3 Å². The second-order valence-corrected chi connectivity index (χ2v) is 6.86. The third kappa shape index (κ3) is 5.81. The number of halogens is 1. The lowest BCUT2D eigenvalue weighted by Crippen LogP contribution is -2.47. The van der Waals surface area contributed by atoms with Crippen LogP contribution in [0, 0.1) is 0 Å². The molecule has 1 aromatic heterocycles. The van der Waals surface area contributed by atoms with Crippen LogP contribution < -0.4 is 9.64 Å². The number of esters is 1. The van der Waals surface area contributed by atoms with E-state index < -0.39 is 0 Å². The first-order chi connectivity index (χ1) is 13.7. The number of aromatic nitrogens is 2. The van der Waals surface area contributed by atoms with E-state index in [2.05, 4.69) is 19.8 Å². The number of piperazine rings is 1. The van der Waals surface area contributed by atoms with Crippen molar-refractivity contribution in [1.29, 1.82) is 0 Å². The third-order valence-electron chi connectivity index (χ3n) is 4.56. The third-order valence-corrected chi connectivity index (χ3v) is 4.75. The maximum absolute atomic E-state index is 11.6. The van der Waals surface area contributed by atoms with E-state index in [1.54, 1.807) is 43.6 Å². The van der Waals surface area contributed by atoms with Gasteiger partial charge in [0.2, 0.25) is 0 Å². The molecule has 7 nitrogen and oxygen atoms in total. The first-order valence-electron chi connectivity index (χ1n) is 9.50. The predicted molar refractivity (Wildman–Crippen MR) is 108 cm³/mol. The topological polar surface area (TPSA) is 67.8 Å². The van der Waals surface area contributed by atoms with Crippen LogP contribution in [-0.2, 0) is 4.74 Å².